The number of nitrogens with one attached hydrogen (secondary N) is 1. The Labute approximate surface area is 129 Å². The molecular weight excluding hydrogens is 326 g/mol. The first-order valence-electron chi connectivity index (χ1n) is 6.27. The van der Waals surface area contributed by atoms with Crippen LogP contribution in [-0.2, 0) is 20.1 Å². The highest BCUT2D eigenvalue weighted by Crippen LogP contribution is 2.23. The quantitative estimate of drug-likeness (QED) is 0.831. The largest absolute Gasteiger partial charge is 0.294 e. The number of hydrogen-bond acceptors (Lipinski definition) is 4. The maximum Gasteiger partial charge on any atom is 0.294 e. The van der Waals surface area contributed by atoms with E-state index in [0.29, 0.717) is 5.56 Å². The van der Waals surface area contributed by atoms with E-state index in [1.54, 1.807) is 19.1 Å². The number of benzene rings is 2. The molecule has 0 heterocycles. The molecular formula is C14H15NO5S2. The van der Waals surface area contributed by atoms with E-state index in [2.05, 4.69) is 4.72 Å². The summed E-state index contributed by atoms with van der Waals surface area (Å²) in [5.74, 6) is 0. The van der Waals surface area contributed by atoms with Crippen LogP contribution in [0.2, 0.25) is 0 Å². The van der Waals surface area contributed by atoms with Gasteiger partial charge in [0.05, 0.1) is 15.5 Å². The fraction of sp³-hybridized carbons (Fsp3) is 0.143. The van der Waals surface area contributed by atoms with Crippen molar-refractivity contribution >= 4 is 25.8 Å². The molecule has 2 aromatic rings. The number of hydrogen-bond donors (Lipinski definition) is 2. The molecule has 0 spiro atoms. The lowest BCUT2D eigenvalue weighted by atomic mass is 10.2. The Kier molecular flexibility index (Phi) is 4.28. The van der Waals surface area contributed by atoms with E-state index < -0.39 is 20.1 Å². The third-order valence-corrected chi connectivity index (χ3v) is 5.31. The van der Waals surface area contributed by atoms with E-state index in [1.807, 2.05) is 6.92 Å². The maximum atomic E-state index is 12.3. The zero-order valence-electron chi connectivity index (χ0n) is 11.9. The average Bonchev–Trinajstić information content (AvgIpc) is 2.40. The smallest absolute Gasteiger partial charge is 0.282 e. The van der Waals surface area contributed by atoms with Gasteiger partial charge in [-0.05, 0) is 43.7 Å². The molecule has 2 rings (SSSR count). The molecule has 0 saturated carbocycles. The second-order valence-corrected chi connectivity index (χ2v) is 7.97. The van der Waals surface area contributed by atoms with Gasteiger partial charge in [0.1, 0.15) is 0 Å². The lowest BCUT2D eigenvalue weighted by Gasteiger charge is -2.11. The summed E-state index contributed by atoms with van der Waals surface area (Å²) in [5.41, 5.74) is 1.54. The molecule has 2 aromatic carbocycles. The number of aryl methyl sites for hydroxylation is 2. The van der Waals surface area contributed by atoms with Crippen molar-refractivity contribution in [2.24, 2.45) is 0 Å². The minimum absolute atomic E-state index is 0.0646. The Morgan fingerprint density at radius 3 is 1.95 bits per heavy atom. The van der Waals surface area contributed by atoms with Crippen LogP contribution in [0.1, 0.15) is 11.1 Å². The van der Waals surface area contributed by atoms with Crippen molar-refractivity contribution in [2.45, 2.75) is 23.6 Å². The summed E-state index contributed by atoms with van der Waals surface area (Å²) in [6.45, 7) is 3.46. The van der Waals surface area contributed by atoms with E-state index >= 15 is 0 Å². The Morgan fingerprint density at radius 1 is 0.864 bits per heavy atom. The Hall–Kier alpha value is -1.90. The minimum atomic E-state index is -4.40. The molecule has 0 aliphatic heterocycles. The Balaban J connectivity index is 2.43. The minimum Gasteiger partial charge on any atom is -0.282 e. The Bertz CT molecular complexity index is 901. The van der Waals surface area contributed by atoms with E-state index in [4.69, 9.17) is 4.55 Å². The van der Waals surface area contributed by atoms with Gasteiger partial charge in [0.15, 0.2) is 0 Å². The maximum absolute atomic E-state index is 12.3. The van der Waals surface area contributed by atoms with Gasteiger partial charge in [0, 0.05) is 0 Å². The predicted octanol–water partition coefficient (Wildman–Crippen LogP) is 2.35. The highest BCUT2D eigenvalue weighted by Gasteiger charge is 2.17. The van der Waals surface area contributed by atoms with Crippen molar-refractivity contribution in [1.82, 2.24) is 0 Å². The molecule has 2 N–H and O–H groups in total. The van der Waals surface area contributed by atoms with E-state index in [1.165, 1.54) is 24.3 Å². The van der Waals surface area contributed by atoms with Gasteiger partial charge in [-0.15, -0.1) is 0 Å². The molecule has 0 aliphatic rings. The summed E-state index contributed by atoms with van der Waals surface area (Å²) in [5, 5.41) is 0. The monoisotopic (exact) mass is 341 g/mol. The van der Waals surface area contributed by atoms with Crippen LogP contribution in [0.15, 0.2) is 52.3 Å². The van der Waals surface area contributed by atoms with Crippen LogP contribution in [-0.4, -0.2) is 21.4 Å². The van der Waals surface area contributed by atoms with Crippen molar-refractivity contribution < 1.29 is 21.4 Å². The molecule has 0 bridgehead atoms. The second-order valence-electron chi connectivity index (χ2n) is 4.87. The number of rotatable bonds is 4. The highest BCUT2D eigenvalue weighted by molar-refractivity contribution is 7.92. The molecule has 6 nitrogen and oxygen atoms in total. The number of anilines is 1. The molecule has 0 aliphatic carbocycles. The molecule has 118 valence electrons. The SMILES string of the molecule is Cc1ccc(S(=O)(=O)Nc2cc(S(=O)(=O)O)ccc2C)cc1. The highest BCUT2D eigenvalue weighted by atomic mass is 32.2. The van der Waals surface area contributed by atoms with Crippen molar-refractivity contribution in [1.29, 1.82) is 0 Å². The van der Waals surface area contributed by atoms with Crippen LogP contribution in [0.5, 0.6) is 0 Å². The Morgan fingerprint density at radius 2 is 1.41 bits per heavy atom. The van der Waals surface area contributed by atoms with Crippen molar-refractivity contribution in [2.75, 3.05) is 4.72 Å². The fourth-order valence-electron chi connectivity index (χ4n) is 1.79. The van der Waals surface area contributed by atoms with Crippen LogP contribution >= 0.6 is 0 Å². The standard InChI is InChI=1S/C14H15NO5S2/c1-10-3-6-12(7-4-10)21(16,17)15-14-9-13(22(18,19)20)8-5-11(14)2/h3-9,15H,1-2H3,(H,18,19,20). The van der Waals surface area contributed by atoms with Gasteiger partial charge in [-0.2, -0.15) is 8.42 Å². The van der Waals surface area contributed by atoms with Gasteiger partial charge in [-0.3, -0.25) is 9.27 Å². The summed E-state index contributed by atoms with van der Waals surface area (Å²) in [6.07, 6.45) is 0. The van der Waals surface area contributed by atoms with Gasteiger partial charge in [0.25, 0.3) is 20.1 Å². The second kappa shape index (κ2) is 5.71. The van der Waals surface area contributed by atoms with Gasteiger partial charge in [0.2, 0.25) is 0 Å². The zero-order chi connectivity index (χ0) is 16.5. The molecule has 0 unspecified atom stereocenters. The zero-order valence-corrected chi connectivity index (χ0v) is 13.6. The molecule has 8 heteroatoms. The van der Waals surface area contributed by atoms with Gasteiger partial charge < -0.3 is 0 Å². The summed E-state index contributed by atoms with van der Waals surface area (Å²) >= 11 is 0. The van der Waals surface area contributed by atoms with Crippen LogP contribution < -0.4 is 4.72 Å². The number of sulfonamides is 1. The topological polar surface area (TPSA) is 101 Å². The summed E-state index contributed by atoms with van der Waals surface area (Å²) in [4.78, 5) is -0.311. The van der Waals surface area contributed by atoms with Crippen LogP contribution in [0, 0.1) is 13.8 Å². The molecule has 0 aromatic heterocycles. The predicted molar refractivity (Wildman–Crippen MR) is 83.0 cm³/mol. The molecule has 0 amide bonds. The molecule has 0 radical (unpaired) electrons. The molecule has 0 saturated heterocycles. The third kappa shape index (κ3) is 3.65. The lowest BCUT2D eigenvalue weighted by molar-refractivity contribution is 0.483. The van der Waals surface area contributed by atoms with Gasteiger partial charge in [-0.1, -0.05) is 23.8 Å². The third-order valence-electron chi connectivity index (χ3n) is 3.08. The molecule has 22 heavy (non-hydrogen) atoms. The summed E-state index contributed by atoms with van der Waals surface area (Å²) in [7, 11) is -8.24. The van der Waals surface area contributed by atoms with Crippen molar-refractivity contribution in [3.05, 3.63) is 53.6 Å². The van der Waals surface area contributed by atoms with Gasteiger partial charge >= 0.3 is 0 Å². The van der Waals surface area contributed by atoms with Crippen molar-refractivity contribution in [3.63, 3.8) is 0 Å². The summed E-state index contributed by atoms with van der Waals surface area (Å²) < 4.78 is 58.3. The van der Waals surface area contributed by atoms with Gasteiger partial charge in [-0.25, -0.2) is 8.42 Å². The molecule has 0 atom stereocenters. The van der Waals surface area contributed by atoms with E-state index in [-0.39, 0.29) is 15.5 Å². The van der Waals surface area contributed by atoms with Crippen molar-refractivity contribution in [3.8, 4) is 0 Å². The van der Waals surface area contributed by atoms with E-state index in [9.17, 15) is 16.8 Å². The average molecular weight is 341 g/mol. The van der Waals surface area contributed by atoms with Crippen LogP contribution in [0.3, 0.4) is 0 Å². The van der Waals surface area contributed by atoms with Crippen LogP contribution in [0.25, 0.3) is 0 Å². The molecule has 0 fully saturated rings. The first-order valence-corrected chi connectivity index (χ1v) is 9.19. The lowest BCUT2D eigenvalue weighted by Crippen LogP contribution is -2.14. The first-order chi connectivity index (χ1) is 10.1. The van der Waals surface area contributed by atoms with E-state index in [0.717, 1.165) is 11.6 Å². The summed E-state index contributed by atoms with van der Waals surface area (Å²) in [6, 6.07) is 9.94. The fourth-order valence-corrected chi connectivity index (χ4v) is 3.42. The van der Waals surface area contributed by atoms with Crippen LogP contribution in [0.4, 0.5) is 5.69 Å². The normalized spacial score (nSPS) is 12.1. The first kappa shape index (κ1) is 16.5.